The zero-order valence-corrected chi connectivity index (χ0v) is 15.5. The van der Waals surface area contributed by atoms with Gasteiger partial charge in [0.25, 0.3) is 0 Å². The zero-order chi connectivity index (χ0) is 18.5. The van der Waals surface area contributed by atoms with Gasteiger partial charge in [0.2, 0.25) is 11.8 Å². The third-order valence-corrected chi connectivity index (χ3v) is 4.89. The van der Waals surface area contributed by atoms with Crippen molar-refractivity contribution in [1.82, 2.24) is 20.0 Å². The molecule has 2 saturated heterocycles. The minimum atomic E-state index is -0.0370. The summed E-state index contributed by atoms with van der Waals surface area (Å²) in [6.45, 7) is 2.98. The molecule has 0 saturated carbocycles. The lowest BCUT2D eigenvalue weighted by molar-refractivity contribution is -0.130. The fourth-order valence-electron chi connectivity index (χ4n) is 3.36. The Morgan fingerprint density at radius 3 is 3.00 bits per heavy atom. The van der Waals surface area contributed by atoms with E-state index in [0.29, 0.717) is 19.5 Å². The maximum absolute atomic E-state index is 11.9. The standard InChI is InChI=1S/C18H27N5O3/c1-21(2)17(25)12-20-18(19-8-7-15-4-3-11-26-15)22-9-10-23-14(13-22)5-6-16(23)24/h3-4,11,14H,5-10,12-13H2,1-2H3,(H,19,20). The Hall–Kier alpha value is -2.51. The summed E-state index contributed by atoms with van der Waals surface area (Å²) in [5, 5.41) is 3.35. The second-order valence-corrected chi connectivity index (χ2v) is 6.91. The number of rotatable bonds is 5. The predicted octanol–water partition coefficient (Wildman–Crippen LogP) is 0.163. The number of carbonyl (C=O) groups is 2. The summed E-state index contributed by atoms with van der Waals surface area (Å²) in [6, 6.07) is 4.06. The van der Waals surface area contributed by atoms with E-state index in [1.54, 1.807) is 20.4 Å². The molecule has 8 heteroatoms. The largest absolute Gasteiger partial charge is 0.469 e. The van der Waals surface area contributed by atoms with Gasteiger partial charge in [0.15, 0.2) is 5.96 Å². The highest BCUT2D eigenvalue weighted by Gasteiger charge is 2.36. The van der Waals surface area contributed by atoms with Crippen LogP contribution in [-0.2, 0) is 16.0 Å². The van der Waals surface area contributed by atoms with E-state index in [1.807, 2.05) is 17.0 Å². The number of carbonyl (C=O) groups excluding carboxylic acids is 2. The van der Waals surface area contributed by atoms with Gasteiger partial charge in [-0.1, -0.05) is 0 Å². The van der Waals surface area contributed by atoms with Crippen LogP contribution >= 0.6 is 0 Å². The lowest BCUT2D eigenvalue weighted by Gasteiger charge is -2.39. The number of aliphatic imine (C=N–C) groups is 1. The van der Waals surface area contributed by atoms with Crippen LogP contribution in [0.25, 0.3) is 0 Å². The number of likely N-dealkylation sites (N-methyl/N-ethyl adjacent to an activating group) is 1. The van der Waals surface area contributed by atoms with Crippen molar-refractivity contribution in [3.63, 3.8) is 0 Å². The average Bonchev–Trinajstić information content (AvgIpc) is 3.27. The Morgan fingerprint density at radius 1 is 1.42 bits per heavy atom. The smallest absolute Gasteiger partial charge is 0.243 e. The molecule has 8 nitrogen and oxygen atoms in total. The summed E-state index contributed by atoms with van der Waals surface area (Å²) in [7, 11) is 3.45. The molecule has 0 bridgehead atoms. The summed E-state index contributed by atoms with van der Waals surface area (Å²) in [6.07, 6.45) is 3.94. The van der Waals surface area contributed by atoms with Crippen LogP contribution in [0, 0.1) is 0 Å². The van der Waals surface area contributed by atoms with E-state index < -0.39 is 0 Å². The molecule has 1 N–H and O–H groups in total. The quantitative estimate of drug-likeness (QED) is 0.597. The van der Waals surface area contributed by atoms with Crippen molar-refractivity contribution in [2.24, 2.45) is 4.99 Å². The fraction of sp³-hybridized carbons (Fsp3) is 0.611. The molecule has 26 heavy (non-hydrogen) atoms. The molecule has 142 valence electrons. The van der Waals surface area contributed by atoms with Gasteiger partial charge in [-0.3, -0.25) is 9.59 Å². The van der Waals surface area contributed by atoms with Crippen LogP contribution in [0.4, 0.5) is 0 Å². The summed E-state index contributed by atoms with van der Waals surface area (Å²) < 4.78 is 5.36. The summed E-state index contributed by atoms with van der Waals surface area (Å²) >= 11 is 0. The molecule has 0 radical (unpaired) electrons. The van der Waals surface area contributed by atoms with Gasteiger partial charge in [0.1, 0.15) is 12.3 Å². The van der Waals surface area contributed by atoms with E-state index in [4.69, 9.17) is 4.42 Å². The van der Waals surface area contributed by atoms with Crippen molar-refractivity contribution in [1.29, 1.82) is 0 Å². The molecular weight excluding hydrogens is 334 g/mol. The number of nitrogens with zero attached hydrogens (tertiary/aromatic N) is 4. The van der Waals surface area contributed by atoms with E-state index in [0.717, 1.165) is 37.7 Å². The van der Waals surface area contributed by atoms with Crippen molar-refractivity contribution in [3.05, 3.63) is 24.2 Å². The van der Waals surface area contributed by atoms with Gasteiger partial charge in [0, 0.05) is 59.2 Å². The highest BCUT2D eigenvalue weighted by Crippen LogP contribution is 2.22. The maximum Gasteiger partial charge on any atom is 0.243 e. The van der Waals surface area contributed by atoms with Crippen molar-refractivity contribution in [2.75, 3.05) is 46.8 Å². The molecular formula is C18H27N5O3. The third-order valence-electron chi connectivity index (χ3n) is 4.89. The second kappa shape index (κ2) is 8.25. The number of furan rings is 1. The Labute approximate surface area is 153 Å². The number of nitrogens with one attached hydrogen (secondary N) is 1. The maximum atomic E-state index is 11.9. The van der Waals surface area contributed by atoms with Crippen molar-refractivity contribution < 1.29 is 14.0 Å². The van der Waals surface area contributed by atoms with Gasteiger partial charge in [-0.25, -0.2) is 4.99 Å². The topological polar surface area (TPSA) is 81.4 Å². The van der Waals surface area contributed by atoms with Gasteiger partial charge in [-0.05, 0) is 18.6 Å². The van der Waals surface area contributed by atoms with E-state index in [1.165, 1.54) is 4.90 Å². The first-order valence-electron chi connectivity index (χ1n) is 9.10. The number of piperazine rings is 1. The number of amides is 2. The van der Waals surface area contributed by atoms with Crippen LogP contribution in [0.2, 0.25) is 0 Å². The Bertz CT molecular complexity index is 656. The minimum absolute atomic E-state index is 0.0370. The van der Waals surface area contributed by atoms with Crippen molar-refractivity contribution >= 4 is 17.8 Å². The summed E-state index contributed by atoms with van der Waals surface area (Å²) in [5.41, 5.74) is 0. The number of hydrogen-bond donors (Lipinski definition) is 1. The molecule has 1 aromatic rings. The predicted molar refractivity (Wildman–Crippen MR) is 97.7 cm³/mol. The molecule has 2 fully saturated rings. The zero-order valence-electron chi connectivity index (χ0n) is 15.5. The van der Waals surface area contributed by atoms with E-state index in [-0.39, 0.29) is 24.4 Å². The van der Waals surface area contributed by atoms with Crippen molar-refractivity contribution in [3.8, 4) is 0 Å². The average molecular weight is 361 g/mol. The molecule has 1 atom stereocenters. The van der Waals surface area contributed by atoms with Gasteiger partial charge in [0.05, 0.1) is 6.26 Å². The first kappa shape index (κ1) is 18.3. The van der Waals surface area contributed by atoms with Crippen LogP contribution < -0.4 is 5.32 Å². The van der Waals surface area contributed by atoms with Crippen LogP contribution in [0.1, 0.15) is 18.6 Å². The van der Waals surface area contributed by atoms with Crippen LogP contribution in [0.15, 0.2) is 27.8 Å². The summed E-state index contributed by atoms with van der Waals surface area (Å²) in [5.74, 6) is 1.85. The lowest BCUT2D eigenvalue weighted by Crippen LogP contribution is -2.56. The molecule has 2 amide bonds. The van der Waals surface area contributed by atoms with Crippen LogP contribution in [0.3, 0.4) is 0 Å². The Kier molecular flexibility index (Phi) is 5.80. The Balaban J connectivity index is 1.62. The molecule has 2 aliphatic rings. The SMILES string of the molecule is CN(C)C(=O)CN=C(NCCc1ccco1)N1CCN2C(=O)CCC2C1. The normalized spacial score (nSPS) is 20.3. The van der Waals surface area contributed by atoms with E-state index in [2.05, 4.69) is 15.2 Å². The molecule has 0 aromatic carbocycles. The first-order chi connectivity index (χ1) is 12.5. The Morgan fingerprint density at radius 2 is 2.27 bits per heavy atom. The number of hydrogen-bond acceptors (Lipinski definition) is 4. The van der Waals surface area contributed by atoms with E-state index >= 15 is 0 Å². The van der Waals surface area contributed by atoms with Gasteiger partial charge in [-0.15, -0.1) is 0 Å². The molecule has 3 rings (SSSR count). The molecule has 1 unspecified atom stereocenters. The van der Waals surface area contributed by atoms with Gasteiger partial charge < -0.3 is 24.4 Å². The molecule has 0 spiro atoms. The lowest BCUT2D eigenvalue weighted by atomic mass is 10.1. The van der Waals surface area contributed by atoms with Gasteiger partial charge >= 0.3 is 0 Å². The monoisotopic (exact) mass is 361 g/mol. The molecule has 3 heterocycles. The molecule has 0 aliphatic carbocycles. The number of fused-ring (bicyclic) bond motifs is 1. The van der Waals surface area contributed by atoms with Crippen molar-refractivity contribution in [2.45, 2.75) is 25.3 Å². The van der Waals surface area contributed by atoms with Crippen LogP contribution in [0.5, 0.6) is 0 Å². The highest BCUT2D eigenvalue weighted by molar-refractivity contribution is 5.85. The fourth-order valence-corrected chi connectivity index (χ4v) is 3.36. The highest BCUT2D eigenvalue weighted by atomic mass is 16.3. The number of guanidine groups is 1. The first-order valence-corrected chi connectivity index (χ1v) is 9.10. The molecule has 1 aromatic heterocycles. The summed E-state index contributed by atoms with van der Waals surface area (Å²) in [4.78, 5) is 34.0. The third kappa shape index (κ3) is 4.36. The van der Waals surface area contributed by atoms with Gasteiger partial charge in [-0.2, -0.15) is 0 Å². The second-order valence-electron chi connectivity index (χ2n) is 6.91. The molecule has 2 aliphatic heterocycles. The van der Waals surface area contributed by atoms with Crippen LogP contribution in [-0.4, -0.2) is 85.3 Å². The minimum Gasteiger partial charge on any atom is -0.469 e. The van der Waals surface area contributed by atoms with E-state index in [9.17, 15) is 9.59 Å².